The van der Waals surface area contributed by atoms with Crippen LogP contribution >= 0.6 is 0 Å². The topological polar surface area (TPSA) is 21.3 Å². The van der Waals surface area contributed by atoms with Crippen molar-refractivity contribution in [3.05, 3.63) is 12.8 Å². The average molecular weight is 253 g/mol. The van der Waals surface area contributed by atoms with Crippen LogP contribution in [-0.2, 0) is 4.74 Å². The zero-order valence-electron chi connectivity index (χ0n) is 12.5. The molecule has 2 heteroatoms. The molecule has 1 aliphatic rings. The van der Waals surface area contributed by atoms with Gasteiger partial charge >= 0.3 is 0 Å². The Balaban J connectivity index is 2.13. The number of hydrogen-bond acceptors (Lipinski definition) is 2. The lowest BCUT2D eigenvalue weighted by atomic mass is 9.69. The number of rotatable bonds is 8. The first-order valence-electron chi connectivity index (χ1n) is 7.56. The second-order valence-electron chi connectivity index (χ2n) is 6.24. The van der Waals surface area contributed by atoms with Crippen molar-refractivity contribution in [3.63, 3.8) is 0 Å². The van der Waals surface area contributed by atoms with Gasteiger partial charge < -0.3 is 10.1 Å². The van der Waals surface area contributed by atoms with E-state index in [9.17, 15) is 0 Å². The first kappa shape index (κ1) is 15.6. The lowest BCUT2D eigenvalue weighted by Gasteiger charge is -2.39. The Hall–Kier alpha value is -0.500. The van der Waals surface area contributed by atoms with Gasteiger partial charge in [0.1, 0.15) is 0 Å². The molecule has 1 fully saturated rings. The van der Waals surface area contributed by atoms with E-state index < -0.39 is 0 Å². The van der Waals surface area contributed by atoms with Crippen LogP contribution in [0.2, 0.25) is 0 Å². The zero-order chi connectivity index (χ0) is 13.4. The van der Waals surface area contributed by atoms with Gasteiger partial charge in [-0.05, 0) is 50.0 Å². The summed E-state index contributed by atoms with van der Waals surface area (Å²) < 4.78 is 5.12. The molecule has 0 atom stereocenters. The smallest absolute Gasteiger partial charge is 0.0885 e. The zero-order valence-corrected chi connectivity index (χ0v) is 12.5. The summed E-state index contributed by atoms with van der Waals surface area (Å²) in [6, 6.07) is 0.734. The fraction of sp³-hybridized carbons (Fsp3) is 0.875. The molecule has 1 N–H and O–H groups in total. The van der Waals surface area contributed by atoms with Crippen molar-refractivity contribution >= 4 is 0 Å². The summed E-state index contributed by atoms with van der Waals surface area (Å²) >= 11 is 0. The first-order valence-corrected chi connectivity index (χ1v) is 7.56. The second-order valence-corrected chi connectivity index (χ2v) is 6.24. The minimum Gasteiger partial charge on any atom is -0.502 e. The molecule has 18 heavy (non-hydrogen) atoms. The molecule has 0 aromatic rings. The van der Waals surface area contributed by atoms with Crippen LogP contribution < -0.4 is 5.32 Å². The fourth-order valence-corrected chi connectivity index (χ4v) is 2.91. The van der Waals surface area contributed by atoms with Gasteiger partial charge in [-0.3, -0.25) is 0 Å². The van der Waals surface area contributed by atoms with Crippen LogP contribution in [0.5, 0.6) is 0 Å². The quantitative estimate of drug-likeness (QED) is 0.519. The van der Waals surface area contributed by atoms with E-state index in [1.54, 1.807) is 0 Å². The van der Waals surface area contributed by atoms with Gasteiger partial charge in [0.05, 0.1) is 12.9 Å². The molecule has 0 amide bonds. The number of nitrogens with one attached hydrogen (secondary N) is 1. The van der Waals surface area contributed by atoms with Gasteiger partial charge in [0.2, 0.25) is 0 Å². The highest BCUT2D eigenvalue weighted by molar-refractivity contribution is 4.84. The molecule has 1 rings (SSSR count). The molecule has 2 nitrogen and oxygen atoms in total. The summed E-state index contributed by atoms with van der Waals surface area (Å²) in [6.07, 6.45) is 9.37. The molecule has 1 aliphatic carbocycles. The lowest BCUT2D eigenvalue weighted by molar-refractivity contribution is 0.136. The average Bonchev–Trinajstić information content (AvgIpc) is 2.39. The minimum absolute atomic E-state index is 0.531. The summed E-state index contributed by atoms with van der Waals surface area (Å²) in [6.45, 7) is 12.6. The first-order chi connectivity index (χ1) is 8.60. The Morgan fingerprint density at radius 1 is 1.28 bits per heavy atom. The molecule has 1 saturated carbocycles. The maximum absolute atomic E-state index is 5.12. The van der Waals surface area contributed by atoms with Crippen molar-refractivity contribution in [1.29, 1.82) is 0 Å². The van der Waals surface area contributed by atoms with Crippen LogP contribution in [0.1, 0.15) is 59.3 Å². The molecular formula is C16H31NO. The van der Waals surface area contributed by atoms with Crippen LogP contribution in [0.15, 0.2) is 12.8 Å². The van der Waals surface area contributed by atoms with Gasteiger partial charge in [0.25, 0.3) is 0 Å². The van der Waals surface area contributed by atoms with E-state index in [0.29, 0.717) is 5.41 Å². The number of hydrogen-bond donors (Lipinski definition) is 1. The van der Waals surface area contributed by atoms with E-state index in [4.69, 9.17) is 4.74 Å². The van der Waals surface area contributed by atoms with Crippen molar-refractivity contribution in [1.82, 2.24) is 5.32 Å². The maximum Gasteiger partial charge on any atom is 0.0885 e. The third-order valence-electron chi connectivity index (χ3n) is 4.73. The van der Waals surface area contributed by atoms with Gasteiger partial charge in [-0.25, -0.2) is 0 Å². The molecule has 0 heterocycles. The second kappa shape index (κ2) is 7.83. The van der Waals surface area contributed by atoms with Crippen molar-refractivity contribution in [2.45, 2.75) is 65.3 Å². The lowest BCUT2D eigenvalue weighted by Crippen LogP contribution is -2.37. The van der Waals surface area contributed by atoms with Gasteiger partial charge in [0, 0.05) is 6.04 Å². The Kier molecular flexibility index (Phi) is 6.77. The fourth-order valence-electron chi connectivity index (χ4n) is 2.91. The minimum atomic E-state index is 0.531. The van der Waals surface area contributed by atoms with E-state index in [1.165, 1.54) is 38.4 Å². The van der Waals surface area contributed by atoms with E-state index in [2.05, 4.69) is 32.7 Å². The van der Waals surface area contributed by atoms with Gasteiger partial charge in [-0.15, -0.1) is 0 Å². The maximum atomic E-state index is 5.12. The highest BCUT2D eigenvalue weighted by Crippen LogP contribution is 2.40. The van der Waals surface area contributed by atoms with Crippen LogP contribution in [0.4, 0.5) is 0 Å². The van der Waals surface area contributed by atoms with Crippen molar-refractivity contribution < 1.29 is 4.74 Å². The number of ether oxygens (including phenoxy) is 1. The van der Waals surface area contributed by atoms with Crippen molar-refractivity contribution in [2.24, 2.45) is 11.3 Å². The third kappa shape index (κ3) is 5.01. The molecule has 0 aromatic heterocycles. The largest absolute Gasteiger partial charge is 0.502 e. The summed E-state index contributed by atoms with van der Waals surface area (Å²) in [5, 5.41) is 3.66. The van der Waals surface area contributed by atoms with E-state index in [0.717, 1.165) is 31.5 Å². The van der Waals surface area contributed by atoms with Crippen molar-refractivity contribution in [2.75, 3.05) is 13.2 Å². The molecular weight excluding hydrogens is 222 g/mol. The molecule has 0 saturated heterocycles. The molecule has 0 radical (unpaired) electrons. The molecule has 106 valence electrons. The van der Waals surface area contributed by atoms with E-state index in [1.807, 2.05) is 0 Å². The van der Waals surface area contributed by atoms with Crippen LogP contribution in [0.25, 0.3) is 0 Å². The van der Waals surface area contributed by atoms with Crippen LogP contribution in [0.3, 0.4) is 0 Å². The van der Waals surface area contributed by atoms with E-state index in [-0.39, 0.29) is 0 Å². The van der Waals surface area contributed by atoms with Gasteiger partial charge in [-0.1, -0.05) is 33.8 Å². The third-order valence-corrected chi connectivity index (χ3v) is 4.73. The standard InChI is InChI=1S/C16H31NO/c1-5-16(3,4)14-8-10-15(11-9-14)17-12-7-13-18-6-2/h6,14-15,17H,2,5,7-13H2,1,3-4H3. The Morgan fingerprint density at radius 3 is 2.50 bits per heavy atom. The molecule has 0 unspecified atom stereocenters. The van der Waals surface area contributed by atoms with Crippen molar-refractivity contribution in [3.8, 4) is 0 Å². The Labute approximate surface area is 113 Å². The summed E-state index contributed by atoms with van der Waals surface area (Å²) in [5.74, 6) is 0.921. The summed E-state index contributed by atoms with van der Waals surface area (Å²) in [5.41, 5.74) is 0.531. The molecule has 0 bridgehead atoms. The Morgan fingerprint density at radius 2 is 1.94 bits per heavy atom. The van der Waals surface area contributed by atoms with Gasteiger partial charge in [-0.2, -0.15) is 0 Å². The predicted octanol–water partition coefficient (Wildman–Crippen LogP) is 4.12. The van der Waals surface area contributed by atoms with E-state index >= 15 is 0 Å². The van der Waals surface area contributed by atoms with Crippen LogP contribution in [-0.4, -0.2) is 19.2 Å². The normalized spacial score (nSPS) is 24.8. The molecule has 0 aromatic carbocycles. The predicted molar refractivity (Wildman–Crippen MR) is 78.6 cm³/mol. The highest BCUT2D eigenvalue weighted by Gasteiger charge is 2.31. The molecule has 0 aliphatic heterocycles. The summed E-state index contributed by atoms with van der Waals surface area (Å²) in [4.78, 5) is 0. The Bertz CT molecular complexity index is 229. The van der Waals surface area contributed by atoms with Gasteiger partial charge in [0.15, 0.2) is 0 Å². The SMILES string of the molecule is C=COCCCNC1CCC(C(C)(C)CC)CC1. The van der Waals surface area contributed by atoms with Crippen LogP contribution in [0, 0.1) is 11.3 Å². The molecule has 0 spiro atoms. The monoisotopic (exact) mass is 253 g/mol. The summed E-state index contributed by atoms with van der Waals surface area (Å²) in [7, 11) is 0. The highest BCUT2D eigenvalue weighted by atomic mass is 16.5.